The lowest BCUT2D eigenvalue weighted by molar-refractivity contribution is -0.0610. The van der Waals surface area contributed by atoms with E-state index in [9.17, 15) is 18.3 Å². The number of hydrogen-bond donors (Lipinski definition) is 2. The van der Waals surface area contributed by atoms with E-state index in [4.69, 9.17) is 25.8 Å². The fourth-order valence-corrected chi connectivity index (χ4v) is 10.1. The number of benzene rings is 2. The molecule has 1 spiro atoms. The molecule has 2 aromatic carbocycles. The maximum absolute atomic E-state index is 16.5. The van der Waals surface area contributed by atoms with E-state index in [1.165, 1.54) is 24.1 Å². The van der Waals surface area contributed by atoms with E-state index >= 15 is 4.39 Å². The second-order valence-corrected chi connectivity index (χ2v) is 18.0. The fourth-order valence-electron chi connectivity index (χ4n) is 8.65. The molecule has 4 heterocycles. The molecule has 4 aliphatic heterocycles. The molecule has 52 heavy (non-hydrogen) atoms. The van der Waals surface area contributed by atoms with Crippen molar-refractivity contribution in [3.05, 3.63) is 70.0 Å². The SMILES string of the molecule is C[C@@H]1[C@@H](C)C/C=C(\F)[C@H]([C@H](O)COCC2CCOCC2)N2CC[C@H]2CN2C[C@@]3(CCCc4cc(Cl)ccc43)COc3ccc(cc32)C(=O)NS1(=O)=O. The molecule has 10 nitrogen and oxygen atoms in total. The Morgan fingerprint density at radius 2 is 1.96 bits per heavy atom. The second kappa shape index (κ2) is 15.5. The minimum Gasteiger partial charge on any atom is -0.490 e. The highest BCUT2D eigenvalue weighted by Crippen LogP contribution is 2.45. The van der Waals surface area contributed by atoms with Crippen LogP contribution in [0.5, 0.6) is 5.75 Å². The predicted octanol–water partition coefficient (Wildman–Crippen LogP) is 5.40. The average Bonchev–Trinajstić information content (AvgIpc) is 3.27. The van der Waals surface area contributed by atoms with E-state index in [0.29, 0.717) is 68.4 Å². The highest BCUT2D eigenvalue weighted by atomic mass is 35.5. The molecule has 2 bridgehead atoms. The third-order valence-corrected chi connectivity index (χ3v) is 14.3. The van der Waals surface area contributed by atoms with Crippen LogP contribution in [0.1, 0.15) is 73.9 Å². The molecule has 5 aliphatic rings. The first-order chi connectivity index (χ1) is 24.9. The summed E-state index contributed by atoms with van der Waals surface area (Å²) in [6.07, 6.45) is 5.71. The number of aliphatic hydroxyl groups is 1. The minimum absolute atomic E-state index is 0.0227. The Morgan fingerprint density at radius 1 is 1.15 bits per heavy atom. The summed E-state index contributed by atoms with van der Waals surface area (Å²) in [7, 11) is -4.11. The normalized spacial score (nSPS) is 31.5. The molecule has 2 aromatic rings. The van der Waals surface area contributed by atoms with Gasteiger partial charge in [-0.3, -0.25) is 9.69 Å². The second-order valence-electron chi connectivity index (χ2n) is 15.6. The van der Waals surface area contributed by atoms with Crippen molar-refractivity contribution < 1.29 is 36.9 Å². The molecule has 2 saturated heterocycles. The van der Waals surface area contributed by atoms with Crippen LogP contribution in [0.25, 0.3) is 0 Å². The summed E-state index contributed by atoms with van der Waals surface area (Å²) < 4.78 is 63.7. The van der Waals surface area contributed by atoms with E-state index < -0.39 is 45.1 Å². The Hall–Kier alpha value is -2.74. The van der Waals surface area contributed by atoms with Gasteiger partial charge in [0.1, 0.15) is 11.6 Å². The van der Waals surface area contributed by atoms with Crippen LogP contribution in [-0.4, -0.2) is 100 Å². The number of aryl methyl sites for hydroxylation is 1. The van der Waals surface area contributed by atoms with Crippen molar-refractivity contribution in [1.82, 2.24) is 9.62 Å². The standard InChI is InChI=1S/C39H51ClFN3O7S/c1-25-5-9-33(41)37(35(45)22-50-21-27-12-16-49-17-13-27)44-15-11-31(44)20-43-23-39(14-3-4-28-18-30(40)7-8-32(28)39)24-51-36-10-6-29(19-34(36)43)38(46)42-52(47,48)26(25)2/h6-10,18-19,25-27,31,35,37,45H,3-5,11-17,20-24H2,1-2H3,(H,42,46)/b33-9-/t25-,26+,31-,35+,37+,39-/m0/s1. The lowest BCUT2D eigenvalue weighted by atomic mass is 9.70. The van der Waals surface area contributed by atoms with Gasteiger partial charge in [-0.05, 0) is 105 Å². The van der Waals surface area contributed by atoms with E-state index in [2.05, 4.69) is 15.7 Å². The zero-order valence-corrected chi connectivity index (χ0v) is 31.6. The van der Waals surface area contributed by atoms with E-state index in [1.807, 2.05) is 17.0 Å². The number of aliphatic hydroxyl groups excluding tert-OH is 1. The van der Waals surface area contributed by atoms with E-state index in [-0.39, 0.29) is 30.0 Å². The fraction of sp³-hybridized carbons (Fsp3) is 0.615. The van der Waals surface area contributed by atoms with Crippen molar-refractivity contribution >= 4 is 33.2 Å². The number of halogens is 2. The number of fused-ring (bicyclic) bond motifs is 4. The van der Waals surface area contributed by atoms with Gasteiger partial charge in [-0.1, -0.05) is 30.7 Å². The zero-order valence-electron chi connectivity index (χ0n) is 30.1. The summed E-state index contributed by atoms with van der Waals surface area (Å²) >= 11 is 6.44. The number of nitrogens with zero attached hydrogens (tertiary/aromatic N) is 2. The van der Waals surface area contributed by atoms with Gasteiger partial charge in [0.25, 0.3) is 5.91 Å². The lowest BCUT2D eigenvalue weighted by Gasteiger charge is -2.50. The van der Waals surface area contributed by atoms with Crippen LogP contribution in [0, 0.1) is 11.8 Å². The van der Waals surface area contributed by atoms with Gasteiger partial charge in [0.05, 0.1) is 36.3 Å². The third kappa shape index (κ3) is 7.75. The maximum atomic E-state index is 16.5. The quantitative estimate of drug-likeness (QED) is 0.414. The number of sulfonamides is 1. The van der Waals surface area contributed by atoms with Crippen LogP contribution in [0.2, 0.25) is 5.02 Å². The first-order valence-electron chi connectivity index (χ1n) is 18.8. The van der Waals surface area contributed by atoms with Gasteiger partial charge in [-0.25, -0.2) is 17.5 Å². The van der Waals surface area contributed by atoms with Crippen LogP contribution < -0.4 is 14.4 Å². The zero-order chi connectivity index (χ0) is 36.6. The van der Waals surface area contributed by atoms with Crippen molar-refractivity contribution in [3.8, 4) is 5.75 Å². The van der Waals surface area contributed by atoms with Gasteiger partial charge in [-0.15, -0.1) is 0 Å². The average molecular weight is 760 g/mol. The van der Waals surface area contributed by atoms with Crippen molar-refractivity contribution in [1.29, 1.82) is 0 Å². The van der Waals surface area contributed by atoms with Gasteiger partial charge in [-0.2, -0.15) is 0 Å². The Balaban J connectivity index is 1.25. The summed E-state index contributed by atoms with van der Waals surface area (Å²) in [5.74, 6) is -0.810. The Morgan fingerprint density at radius 3 is 2.73 bits per heavy atom. The number of anilines is 1. The molecule has 284 valence electrons. The number of hydrogen-bond acceptors (Lipinski definition) is 9. The van der Waals surface area contributed by atoms with E-state index in [1.54, 1.807) is 25.1 Å². The molecule has 2 fully saturated rings. The summed E-state index contributed by atoms with van der Waals surface area (Å²) in [6, 6.07) is 10.0. The number of rotatable bonds is 5. The van der Waals surface area contributed by atoms with Gasteiger partial charge >= 0.3 is 0 Å². The Kier molecular flexibility index (Phi) is 11.2. The molecule has 0 radical (unpaired) electrons. The molecule has 1 aliphatic carbocycles. The lowest BCUT2D eigenvalue weighted by Crippen LogP contribution is -2.62. The molecular weight excluding hydrogens is 709 g/mol. The number of amides is 1. The van der Waals surface area contributed by atoms with Crippen molar-refractivity contribution in [2.45, 2.75) is 87.6 Å². The molecule has 7 rings (SSSR count). The number of ether oxygens (including phenoxy) is 3. The highest BCUT2D eigenvalue weighted by molar-refractivity contribution is 7.90. The highest BCUT2D eigenvalue weighted by Gasteiger charge is 2.45. The van der Waals surface area contributed by atoms with E-state index in [0.717, 1.165) is 38.5 Å². The van der Waals surface area contributed by atoms with Gasteiger partial charge in [0.2, 0.25) is 10.0 Å². The monoisotopic (exact) mass is 759 g/mol. The number of nitrogens with one attached hydrogen (secondary N) is 1. The number of carbonyl (C=O) groups is 1. The van der Waals surface area contributed by atoms with Crippen LogP contribution in [0.15, 0.2) is 48.3 Å². The Labute approximate surface area is 311 Å². The molecule has 0 unspecified atom stereocenters. The van der Waals surface area contributed by atoms with Gasteiger partial charge < -0.3 is 24.2 Å². The molecule has 0 aromatic heterocycles. The smallest absolute Gasteiger partial charge is 0.264 e. The van der Waals surface area contributed by atoms with Crippen LogP contribution in [0.4, 0.5) is 10.1 Å². The largest absolute Gasteiger partial charge is 0.490 e. The van der Waals surface area contributed by atoms with Crippen LogP contribution in [0.3, 0.4) is 0 Å². The van der Waals surface area contributed by atoms with Crippen LogP contribution >= 0.6 is 11.6 Å². The molecule has 2 N–H and O–H groups in total. The summed E-state index contributed by atoms with van der Waals surface area (Å²) in [5.41, 5.74) is 2.88. The Bertz CT molecular complexity index is 1770. The van der Waals surface area contributed by atoms with Gasteiger partial charge in [0, 0.05) is 61.5 Å². The summed E-state index contributed by atoms with van der Waals surface area (Å²) in [4.78, 5) is 17.8. The number of allylic oxidation sites excluding steroid dienone is 1. The van der Waals surface area contributed by atoms with Crippen molar-refractivity contribution in [2.75, 3.05) is 57.6 Å². The first-order valence-corrected chi connectivity index (χ1v) is 20.7. The first kappa shape index (κ1) is 37.6. The summed E-state index contributed by atoms with van der Waals surface area (Å²) in [5, 5.41) is 11.3. The molecule has 6 atom stereocenters. The van der Waals surface area contributed by atoms with Crippen molar-refractivity contribution in [3.63, 3.8) is 0 Å². The minimum atomic E-state index is -4.11. The molecule has 1 amide bonds. The topological polar surface area (TPSA) is 118 Å². The predicted molar refractivity (Wildman–Crippen MR) is 198 cm³/mol. The third-order valence-electron chi connectivity index (χ3n) is 12.1. The van der Waals surface area contributed by atoms with Crippen LogP contribution in [-0.2, 0) is 31.3 Å². The molecule has 13 heteroatoms. The molecule has 0 saturated carbocycles. The molecular formula is C39H51ClFN3O7S. The number of carbonyl (C=O) groups excluding carboxylic acids is 1. The van der Waals surface area contributed by atoms with Gasteiger partial charge in [0.15, 0.2) is 0 Å². The maximum Gasteiger partial charge on any atom is 0.264 e. The summed E-state index contributed by atoms with van der Waals surface area (Å²) in [6.45, 7) is 7.13. The van der Waals surface area contributed by atoms with Crippen molar-refractivity contribution in [2.24, 2.45) is 11.8 Å².